The molecule has 0 aliphatic rings. The van der Waals surface area contributed by atoms with E-state index in [0.29, 0.717) is 0 Å². The molecule has 0 saturated carbocycles. The van der Waals surface area contributed by atoms with E-state index < -0.39 is 28.5 Å². The Kier molecular flexibility index (Phi) is 5.17. The number of aliphatic carboxylic acids is 1. The number of hydrogen-bond acceptors (Lipinski definition) is 5. The number of nitrogens with zero attached hydrogens (tertiary/aromatic N) is 3. The van der Waals surface area contributed by atoms with Crippen molar-refractivity contribution in [3.8, 4) is 0 Å². The Labute approximate surface area is 120 Å². The molecule has 1 rings (SSSR count). The molecule has 0 bridgehead atoms. The number of aromatic nitrogens is 2. The minimum absolute atomic E-state index is 0.0855. The number of carbonyl (C=O) groups excluding carboxylic acids is 1. The van der Waals surface area contributed by atoms with E-state index >= 15 is 0 Å². The van der Waals surface area contributed by atoms with Crippen molar-refractivity contribution in [1.29, 1.82) is 0 Å². The van der Waals surface area contributed by atoms with Crippen LogP contribution in [0.1, 0.15) is 29.5 Å². The van der Waals surface area contributed by atoms with E-state index in [1.807, 2.05) is 0 Å². The second-order valence-electron chi connectivity index (χ2n) is 4.33. The number of allylic oxidation sites excluding steroid dienone is 1. The second-order valence-corrected chi connectivity index (χ2v) is 4.33. The molecule has 21 heavy (non-hydrogen) atoms. The summed E-state index contributed by atoms with van der Waals surface area (Å²) < 4.78 is 1.07. The molecule has 0 fully saturated rings. The summed E-state index contributed by atoms with van der Waals surface area (Å²) >= 11 is 0. The molecule has 1 unspecified atom stereocenters. The number of aryl methyl sites for hydroxylation is 2. The number of amides is 1. The van der Waals surface area contributed by atoms with Gasteiger partial charge in [-0.2, -0.15) is 5.10 Å². The van der Waals surface area contributed by atoms with Crippen LogP contribution in [-0.2, 0) is 11.8 Å². The third kappa shape index (κ3) is 3.65. The van der Waals surface area contributed by atoms with Crippen molar-refractivity contribution in [2.75, 3.05) is 0 Å². The highest BCUT2D eigenvalue weighted by molar-refractivity contribution is 5.98. The van der Waals surface area contributed by atoms with Crippen molar-refractivity contribution in [2.24, 2.45) is 7.05 Å². The topological polar surface area (TPSA) is 127 Å². The fraction of sp³-hybridized carbons (Fsp3) is 0.417. The van der Waals surface area contributed by atoms with Gasteiger partial charge in [0.05, 0.1) is 4.92 Å². The summed E-state index contributed by atoms with van der Waals surface area (Å²) in [6.45, 7) is 3.12. The minimum Gasteiger partial charge on any atom is -0.480 e. The molecule has 0 aliphatic heterocycles. The third-order valence-corrected chi connectivity index (χ3v) is 2.80. The molecule has 0 saturated heterocycles. The fourth-order valence-corrected chi connectivity index (χ4v) is 1.84. The molecule has 0 spiro atoms. The van der Waals surface area contributed by atoms with Crippen LogP contribution in [0, 0.1) is 17.0 Å². The summed E-state index contributed by atoms with van der Waals surface area (Å²) in [5, 5.41) is 26.1. The Balaban J connectivity index is 3.08. The summed E-state index contributed by atoms with van der Waals surface area (Å²) in [6, 6.07) is -1.16. The highest BCUT2D eigenvalue weighted by Gasteiger charge is 2.31. The maximum absolute atomic E-state index is 12.1. The van der Waals surface area contributed by atoms with Crippen LogP contribution in [-0.4, -0.2) is 37.7 Å². The zero-order valence-electron chi connectivity index (χ0n) is 11.9. The highest BCUT2D eigenvalue weighted by Crippen LogP contribution is 2.22. The van der Waals surface area contributed by atoms with E-state index in [1.165, 1.54) is 14.0 Å². The van der Waals surface area contributed by atoms with E-state index in [1.54, 1.807) is 19.1 Å². The molecule has 114 valence electrons. The van der Waals surface area contributed by atoms with Crippen LogP contribution in [0.2, 0.25) is 0 Å². The SMILES string of the molecule is C/C=C/CC(NC(=O)c1c([N+](=O)[O-])c(C)nn1C)C(=O)O. The number of nitro groups is 1. The highest BCUT2D eigenvalue weighted by atomic mass is 16.6. The normalized spacial score (nSPS) is 12.3. The predicted molar refractivity (Wildman–Crippen MR) is 72.9 cm³/mol. The van der Waals surface area contributed by atoms with E-state index in [-0.39, 0.29) is 17.8 Å². The smallest absolute Gasteiger partial charge is 0.326 e. The Hall–Kier alpha value is -2.71. The van der Waals surface area contributed by atoms with Gasteiger partial charge in [0.25, 0.3) is 5.91 Å². The van der Waals surface area contributed by atoms with Crippen molar-refractivity contribution >= 4 is 17.6 Å². The van der Waals surface area contributed by atoms with Crippen LogP contribution in [0.4, 0.5) is 5.69 Å². The van der Waals surface area contributed by atoms with Crippen molar-refractivity contribution in [2.45, 2.75) is 26.3 Å². The molecule has 0 radical (unpaired) electrons. The largest absolute Gasteiger partial charge is 0.480 e. The van der Waals surface area contributed by atoms with Gasteiger partial charge in [-0.1, -0.05) is 12.2 Å². The summed E-state index contributed by atoms with van der Waals surface area (Å²) in [5.74, 6) is -2.07. The standard InChI is InChI=1S/C12H16N4O5/c1-4-5-6-8(12(18)19)13-11(17)10-9(16(20)21)7(2)14-15(10)3/h4-5,8H,6H2,1-3H3,(H,13,17)(H,18,19)/b5-4+. The number of nitrogens with one attached hydrogen (secondary N) is 1. The molecule has 9 heteroatoms. The zero-order valence-corrected chi connectivity index (χ0v) is 11.9. The fourth-order valence-electron chi connectivity index (χ4n) is 1.84. The van der Waals surface area contributed by atoms with Crippen LogP contribution in [0.3, 0.4) is 0 Å². The Morgan fingerprint density at radius 2 is 2.19 bits per heavy atom. The maximum Gasteiger partial charge on any atom is 0.326 e. The molecule has 2 N–H and O–H groups in total. The second kappa shape index (κ2) is 6.64. The average molecular weight is 296 g/mol. The molecule has 9 nitrogen and oxygen atoms in total. The number of carboxylic acids is 1. The first kappa shape index (κ1) is 16.3. The van der Waals surface area contributed by atoms with Crippen molar-refractivity contribution in [1.82, 2.24) is 15.1 Å². The molecule has 0 aromatic carbocycles. The van der Waals surface area contributed by atoms with Crippen LogP contribution in [0.15, 0.2) is 12.2 Å². The van der Waals surface area contributed by atoms with Gasteiger partial charge in [0.15, 0.2) is 0 Å². The monoisotopic (exact) mass is 296 g/mol. The quantitative estimate of drug-likeness (QED) is 0.453. The lowest BCUT2D eigenvalue weighted by atomic mass is 10.2. The molecule has 1 amide bonds. The Bertz CT molecular complexity index is 605. The molecule has 1 heterocycles. The van der Waals surface area contributed by atoms with E-state index in [9.17, 15) is 19.7 Å². The van der Waals surface area contributed by atoms with Crippen LogP contribution in [0.25, 0.3) is 0 Å². The Morgan fingerprint density at radius 1 is 1.57 bits per heavy atom. The van der Waals surface area contributed by atoms with E-state index in [0.717, 1.165) is 4.68 Å². The van der Waals surface area contributed by atoms with Gasteiger partial charge in [-0.15, -0.1) is 0 Å². The lowest BCUT2D eigenvalue weighted by Gasteiger charge is -2.12. The first-order chi connectivity index (χ1) is 9.79. The van der Waals surface area contributed by atoms with Crippen LogP contribution >= 0.6 is 0 Å². The number of carboxylic acid groups (broad SMARTS) is 1. The van der Waals surface area contributed by atoms with Crippen molar-refractivity contribution in [3.63, 3.8) is 0 Å². The van der Waals surface area contributed by atoms with Crippen molar-refractivity contribution in [3.05, 3.63) is 33.7 Å². The van der Waals surface area contributed by atoms with Gasteiger partial charge < -0.3 is 10.4 Å². The molecule has 0 aliphatic carbocycles. The lowest BCUT2D eigenvalue weighted by molar-refractivity contribution is -0.385. The van der Waals surface area contributed by atoms with Crippen LogP contribution < -0.4 is 5.32 Å². The lowest BCUT2D eigenvalue weighted by Crippen LogP contribution is -2.41. The summed E-state index contributed by atoms with van der Waals surface area (Å²) in [4.78, 5) is 33.5. The molecule has 1 atom stereocenters. The van der Waals surface area contributed by atoms with E-state index in [2.05, 4.69) is 10.4 Å². The first-order valence-corrected chi connectivity index (χ1v) is 6.12. The summed E-state index contributed by atoms with van der Waals surface area (Å²) in [7, 11) is 1.39. The maximum atomic E-state index is 12.1. The van der Waals surface area contributed by atoms with Gasteiger partial charge in [-0.25, -0.2) is 4.79 Å². The Morgan fingerprint density at radius 3 is 2.67 bits per heavy atom. The van der Waals surface area contributed by atoms with Gasteiger partial charge in [0.1, 0.15) is 11.7 Å². The molecular weight excluding hydrogens is 280 g/mol. The number of rotatable bonds is 6. The minimum atomic E-state index is -1.22. The van der Waals surface area contributed by atoms with Crippen LogP contribution in [0.5, 0.6) is 0 Å². The number of hydrogen-bond donors (Lipinski definition) is 2. The van der Waals surface area contributed by atoms with Gasteiger partial charge in [0.2, 0.25) is 5.69 Å². The zero-order chi connectivity index (χ0) is 16.2. The number of carbonyl (C=O) groups is 2. The molecular formula is C12H16N4O5. The summed E-state index contributed by atoms with van der Waals surface area (Å²) in [5.41, 5.74) is -0.609. The molecule has 1 aromatic heterocycles. The van der Waals surface area contributed by atoms with Gasteiger partial charge in [-0.05, 0) is 20.3 Å². The summed E-state index contributed by atoms with van der Waals surface area (Å²) in [6.07, 6.45) is 3.32. The first-order valence-electron chi connectivity index (χ1n) is 6.12. The predicted octanol–water partition coefficient (Wildman–Crippen LogP) is 0.786. The van der Waals surface area contributed by atoms with Gasteiger partial charge >= 0.3 is 11.7 Å². The third-order valence-electron chi connectivity index (χ3n) is 2.80. The van der Waals surface area contributed by atoms with Gasteiger partial charge in [0, 0.05) is 7.05 Å². The van der Waals surface area contributed by atoms with Gasteiger partial charge in [-0.3, -0.25) is 19.6 Å². The van der Waals surface area contributed by atoms with Crippen molar-refractivity contribution < 1.29 is 19.6 Å². The van der Waals surface area contributed by atoms with E-state index in [4.69, 9.17) is 5.11 Å². The molecule has 1 aromatic rings. The average Bonchev–Trinajstić information content (AvgIpc) is 2.68.